The molecule has 0 spiro atoms. The van der Waals surface area contributed by atoms with Gasteiger partial charge < -0.3 is 0 Å². The molecule has 12 heteroatoms. The quantitative estimate of drug-likeness (QED) is 0.460. The monoisotopic (exact) mass is 223 g/mol. The molecule has 1 aliphatic heterocycles. The lowest BCUT2D eigenvalue weighted by Gasteiger charge is -1.97. The van der Waals surface area contributed by atoms with E-state index >= 15 is 0 Å². The van der Waals surface area contributed by atoms with E-state index in [2.05, 4.69) is 57.0 Å². The van der Waals surface area contributed by atoms with Crippen molar-refractivity contribution in [2.75, 3.05) is 0 Å². The zero-order valence-corrected chi connectivity index (χ0v) is 7.79. The summed E-state index contributed by atoms with van der Waals surface area (Å²) in [6.07, 6.45) is 1.59. The SMILES string of the molecule is C1=N[N+](c2[nH+]n[nH][nH+]2)=NNC1c1nn[nH]n1. The lowest BCUT2D eigenvalue weighted by atomic mass is 10.3. The maximum atomic E-state index is 4.04. The highest BCUT2D eigenvalue weighted by Crippen LogP contribution is 2.07. The zero-order chi connectivity index (χ0) is 10.8. The summed E-state index contributed by atoms with van der Waals surface area (Å²) in [6, 6.07) is -0.304. The van der Waals surface area contributed by atoms with Crippen LogP contribution in [-0.2, 0) is 0 Å². The summed E-state index contributed by atoms with van der Waals surface area (Å²) in [4.78, 5) is 1.29. The number of rotatable bonds is 2. The number of hydrogen-bond acceptors (Lipinski definition) is 7. The number of H-pyrrole nitrogens is 4. The van der Waals surface area contributed by atoms with Gasteiger partial charge in [0.2, 0.25) is 11.0 Å². The van der Waals surface area contributed by atoms with E-state index in [9.17, 15) is 0 Å². The number of hydrazone groups is 1. The van der Waals surface area contributed by atoms with Crippen molar-refractivity contribution in [1.29, 1.82) is 0 Å². The maximum Gasteiger partial charge on any atom is 0.672 e. The summed E-state index contributed by atoms with van der Waals surface area (Å²) < 4.78 is 0. The summed E-state index contributed by atoms with van der Waals surface area (Å²) in [6.45, 7) is 0. The van der Waals surface area contributed by atoms with Crippen LogP contribution in [0.5, 0.6) is 0 Å². The van der Waals surface area contributed by atoms with E-state index in [-0.39, 0.29) is 6.04 Å². The Morgan fingerprint density at radius 3 is 3.06 bits per heavy atom. The molecule has 1 atom stereocenters. The van der Waals surface area contributed by atoms with E-state index in [0.29, 0.717) is 11.8 Å². The van der Waals surface area contributed by atoms with Crippen LogP contribution in [0, 0.1) is 0 Å². The minimum absolute atomic E-state index is 0.304. The van der Waals surface area contributed by atoms with Crippen molar-refractivity contribution >= 4 is 12.2 Å². The Labute approximate surface area is 86.8 Å². The Hall–Kier alpha value is -2.79. The van der Waals surface area contributed by atoms with Crippen molar-refractivity contribution in [3.05, 3.63) is 5.82 Å². The Kier molecular flexibility index (Phi) is 1.81. The summed E-state index contributed by atoms with van der Waals surface area (Å²) in [7, 11) is 0. The maximum absolute atomic E-state index is 4.04. The van der Waals surface area contributed by atoms with E-state index in [4.69, 9.17) is 0 Å². The van der Waals surface area contributed by atoms with Crippen LogP contribution in [0.25, 0.3) is 0 Å². The van der Waals surface area contributed by atoms with Gasteiger partial charge in [-0.2, -0.15) is 5.21 Å². The van der Waals surface area contributed by atoms with Crippen LogP contribution in [0.1, 0.15) is 11.9 Å². The van der Waals surface area contributed by atoms with Crippen LogP contribution in [0.15, 0.2) is 10.3 Å². The molecular weight excluding hydrogens is 216 g/mol. The minimum Gasteiger partial charge on any atom is -0.177 e. The number of hydrogen-bond donors (Lipinski definition) is 3. The van der Waals surface area contributed by atoms with Gasteiger partial charge in [0.05, 0.1) is 5.21 Å². The highest BCUT2D eigenvalue weighted by atomic mass is 15.7. The van der Waals surface area contributed by atoms with Crippen molar-refractivity contribution in [2.24, 2.45) is 10.3 Å². The Bertz CT molecular complexity index is 505. The Morgan fingerprint density at radius 1 is 1.44 bits per heavy atom. The third-order valence-corrected chi connectivity index (χ3v) is 1.85. The molecule has 0 fully saturated rings. The fraction of sp³-hybridized carbons (Fsp3) is 0.250. The van der Waals surface area contributed by atoms with Crippen molar-refractivity contribution in [3.63, 3.8) is 0 Å². The first-order valence-corrected chi connectivity index (χ1v) is 4.31. The van der Waals surface area contributed by atoms with Gasteiger partial charge in [-0.3, -0.25) is 0 Å². The number of aromatic nitrogens is 8. The van der Waals surface area contributed by atoms with E-state index in [1.807, 2.05) is 0 Å². The number of nitrogens with one attached hydrogen (secondary N) is 5. The second-order valence-corrected chi connectivity index (χ2v) is 2.84. The van der Waals surface area contributed by atoms with Crippen LogP contribution >= 0.6 is 0 Å². The van der Waals surface area contributed by atoms with Crippen LogP contribution in [0.3, 0.4) is 0 Å². The third kappa shape index (κ3) is 1.37. The minimum atomic E-state index is -0.304. The van der Waals surface area contributed by atoms with Crippen LogP contribution in [0.4, 0.5) is 5.95 Å². The van der Waals surface area contributed by atoms with E-state index in [1.165, 1.54) is 4.81 Å². The lowest BCUT2D eigenvalue weighted by Crippen LogP contribution is -2.28. The van der Waals surface area contributed by atoms with Crippen molar-refractivity contribution in [3.8, 4) is 0 Å². The molecule has 0 bridgehead atoms. The summed E-state index contributed by atoms with van der Waals surface area (Å²) in [5, 5.41) is 32.8. The van der Waals surface area contributed by atoms with Gasteiger partial charge >= 0.3 is 5.95 Å². The second-order valence-electron chi connectivity index (χ2n) is 2.84. The fourth-order valence-corrected chi connectivity index (χ4v) is 1.12. The molecule has 0 aliphatic carbocycles. The molecule has 2 aromatic rings. The van der Waals surface area contributed by atoms with Gasteiger partial charge in [-0.25, -0.2) is 0 Å². The Morgan fingerprint density at radius 2 is 2.44 bits per heavy atom. The van der Waals surface area contributed by atoms with E-state index < -0.39 is 0 Å². The van der Waals surface area contributed by atoms with Gasteiger partial charge in [-0.1, -0.05) is 5.21 Å². The normalized spacial score (nSPS) is 19.2. The summed E-state index contributed by atoms with van der Waals surface area (Å²) in [5.41, 5.74) is 2.79. The number of aromatic amines is 4. The first-order chi connectivity index (χ1) is 7.93. The summed E-state index contributed by atoms with van der Waals surface area (Å²) >= 11 is 0. The van der Waals surface area contributed by atoms with Gasteiger partial charge in [-0.05, 0) is 20.5 Å². The molecule has 0 radical (unpaired) electrons. The third-order valence-electron chi connectivity index (χ3n) is 1.85. The number of nitrogens with zero attached hydrogens (tertiary/aromatic N) is 7. The molecule has 2 aromatic heterocycles. The van der Waals surface area contributed by atoms with Crippen LogP contribution in [0.2, 0.25) is 0 Å². The van der Waals surface area contributed by atoms with Crippen molar-refractivity contribution < 1.29 is 15.0 Å². The first kappa shape index (κ1) is 8.51. The van der Waals surface area contributed by atoms with E-state index in [0.717, 1.165) is 0 Å². The molecule has 5 N–H and O–H groups in total. The summed E-state index contributed by atoms with van der Waals surface area (Å²) in [5.74, 6) is 0.947. The topological polar surface area (TPSA) is 151 Å². The van der Waals surface area contributed by atoms with Crippen molar-refractivity contribution in [2.45, 2.75) is 6.04 Å². The predicted molar refractivity (Wildman–Crippen MR) is 42.6 cm³/mol. The molecule has 80 valence electrons. The zero-order valence-electron chi connectivity index (χ0n) is 7.79. The molecule has 12 nitrogen and oxygen atoms in total. The highest BCUT2D eigenvalue weighted by molar-refractivity contribution is 5.64. The van der Waals surface area contributed by atoms with Gasteiger partial charge in [0.15, 0.2) is 4.81 Å². The molecule has 0 saturated carbocycles. The smallest absolute Gasteiger partial charge is 0.177 e. The fourth-order valence-electron chi connectivity index (χ4n) is 1.12. The Balaban J connectivity index is 1.79. The molecule has 1 aliphatic rings. The molecule has 0 aromatic carbocycles. The molecular formula is C4H7N12+3. The molecule has 3 heterocycles. The molecule has 3 rings (SSSR count). The molecule has 1 unspecified atom stereocenters. The van der Waals surface area contributed by atoms with E-state index in [1.54, 1.807) is 6.21 Å². The van der Waals surface area contributed by atoms with Crippen LogP contribution in [-0.4, -0.2) is 42.1 Å². The average Bonchev–Trinajstić information content (AvgIpc) is 3.03. The van der Waals surface area contributed by atoms with Crippen LogP contribution < -0.4 is 15.6 Å². The largest absolute Gasteiger partial charge is 0.672 e. The first-order valence-electron chi connectivity index (χ1n) is 4.31. The van der Waals surface area contributed by atoms with Gasteiger partial charge in [0.1, 0.15) is 6.21 Å². The predicted octanol–water partition coefficient (Wildman–Crippen LogP) is -3.11. The standard InChI is InChI=1S/C4H4N12/c1-2(3-7-11-12-8-3)6-15-16(5-1)4-9-13-14-10-4/h1-2H,(H2,7,8,9,10,11,12,13,14)/p+3. The lowest BCUT2D eigenvalue weighted by molar-refractivity contribution is -0.702. The van der Waals surface area contributed by atoms with Gasteiger partial charge in [0, 0.05) is 0 Å². The van der Waals surface area contributed by atoms with Gasteiger partial charge in [0.25, 0.3) is 6.04 Å². The average molecular weight is 223 g/mol. The highest BCUT2D eigenvalue weighted by Gasteiger charge is 2.33. The van der Waals surface area contributed by atoms with Crippen molar-refractivity contribution in [1.82, 2.24) is 36.5 Å². The van der Waals surface area contributed by atoms with Gasteiger partial charge in [-0.15, -0.1) is 15.6 Å². The molecule has 16 heavy (non-hydrogen) atoms. The molecule has 0 saturated heterocycles. The molecule has 0 amide bonds. The second kappa shape index (κ2) is 3.41. The number of tetrazole rings is 2.